The lowest BCUT2D eigenvalue weighted by molar-refractivity contribution is -0.414. The molecule has 2 aromatic rings. The van der Waals surface area contributed by atoms with Crippen molar-refractivity contribution in [3.63, 3.8) is 0 Å². The Labute approximate surface area is 187 Å². The number of halogens is 6. The first-order valence-corrected chi connectivity index (χ1v) is 11.3. The smallest absolute Gasteiger partial charge is 0.358 e. The first kappa shape index (κ1) is 25.0. The lowest BCUT2D eigenvalue weighted by Gasteiger charge is -2.49. The summed E-state index contributed by atoms with van der Waals surface area (Å²) in [5, 5.41) is 1.76. The fraction of sp³-hybridized carbons (Fsp3) is 0.591. The van der Waals surface area contributed by atoms with Crippen LogP contribution in [0.4, 0.5) is 26.3 Å². The molecule has 1 atom stereocenters. The molecule has 0 unspecified atom stereocenters. The zero-order valence-corrected chi connectivity index (χ0v) is 18.7. The molecule has 0 spiro atoms. The molecule has 0 radical (unpaired) electrons. The van der Waals surface area contributed by atoms with Gasteiger partial charge in [-0.05, 0) is 62.7 Å². The van der Waals surface area contributed by atoms with Crippen molar-refractivity contribution in [2.75, 3.05) is 19.7 Å². The summed E-state index contributed by atoms with van der Waals surface area (Å²) in [6.45, 7) is 2.25. The Morgan fingerprint density at radius 1 is 1.12 bits per heavy atom. The van der Waals surface area contributed by atoms with Crippen LogP contribution in [0, 0.1) is 12.3 Å². The predicted molar refractivity (Wildman–Crippen MR) is 110 cm³/mol. The number of likely N-dealkylation sites (tertiary alicyclic amines) is 1. The number of pyridine rings is 1. The van der Waals surface area contributed by atoms with Crippen LogP contribution in [0.15, 0.2) is 35.8 Å². The van der Waals surface area contributed by atoms with Crippen LogP contribution in [0.1, 0.15) is 35.9 Å². The number of nitrogens with zero attached hydrogens (tertiary/aromatic N) is 2. The van der Waals surface area contributed by atoms with Crippen molar-refractivity contribution >= 4 is 11.3 Å². The van der Waals surface area contributed by atoms with E-state index in [1.807, 2.05) is 0 Å². The number of alkyl halides is 6. The normalized spacial score (nSPS) is 20.8. The molecule has 0 bridgehead atoms. The van der Waals surface area contributed by atoms with Crippen molar-refractivity contribution in [2.24, 2.45) is 5.41 Å². The van der Waals surface area contributed by atoms with Crippen LogP contribution >= 0.6 is 11.3 Å². The van der Waals surface area contributed by atoms with E-state index in [0.717, 1.165) is 16.1 Å². The number of hydrogen-bond acceptors (Lipinski definition) is 4. The molecule has 0 saturated carbocycles. The highest BCUT2D eigenvalue weighted by Crippen LogP contribution is 2.60. The zero-order valence-electron chi connectivity index (χ0n) is 17.9. The molecule has 0 aromatic carbocycles. The van der Waals surface area contributed by atoms with Crippen molar-refractivity contribution in [1.82, 2.24) is 9.88 Å². The van der Waals surface area contributed by atoms with Gasteiger partial charge in [0, 0.05) is 41.9 Å². The SMILES string of the molecule is CCOC(C(F)(F)F)(C(F)(F)F)[C@]1(CCc2cccs2)CCN(Cc2ccc(C)nc2)C1. The van der Waals surface area contributed by atoms with E-state index in [0.29, 0.717) is 0 Å². The molecule has 0 amide bonds. The van der Waals surface area contributed by atoms with Gasteiger partial charge in [-0.15, -0.1) is 11.3 Å². The van der Waals surface area contributed by atoms with Crippen LogP contribution in [0.25, 0.3) is 0 Å². The summed E-state index contributed by atoms with van der Waals surface area (Å²) in [6.07, 6.45) is -10.1. The summed E-state index contributed by atoms with van der Waals surface area (Å²) in [5.41, 5.74) is -4.88. The number of aryl methyl sites for hydroxylation is 2. The first-order valence-electron chi connectivity index (χ1n) is 10.4. The molecule has 178 valence electrons. The molecule has 3 heterocycles. The second-order valence-electron chi connectivity index (χ2n) is 8.24. The molecule has 10 heteroatoms. The Hall–Kier alpha value is -1.65. The summed E-state index contributed by atoms with van der Waals surface area (Å²) in [7, 11) is 0. The van der Waals surface area contributed by atoms with Gasteiger partial charge in [0.25, 0.3) is 5.60 Å². The minimum absolute atomic E-state index is 0.110. The van der Waals surface area contributed by atoms with Gasteiger partial charge in [-0.25, -0.2) is 0 Å². The standard InChI is InChI=1S/C22H26F6N2OS/c1-3-31-20(21(23,24)25,22(26,27)28)19(9-8-18-5-4-12-32-18)10-11-30(15-19)14-17-7-6-16(2)29-13-17/h4-7,12-13H,3,8-11,14-15H2,1-2H3/t19-/m1/s1. The van der Waals surface area contributed by atoms with Gasteiger partial charge in [0.05, 0.1) is 0 Å². The molecule has 0 N–H and O–H groups in total. The third kappa shape index (κ3) is 4.68. The summed E-state index contributed by atoms with van der Waals surface area (Å²) >= 11 is 1.32. The van der Waals surface area contributed by atoms with E-state index >= 15 is 0 Å². The quantitative estimate of drug-likeness (QED) is 0.422. The van der Waals surface area contributed by atoms with Gasteiger partial charge in [-0.3, -0.25) is 9.88 Å². The molecule has 2 aromatic heterocycles. The maximum atomic E-state index is 14.3. The highest BCUT2D eigenvalue weighted by atomic mass is 32.1. The fourth-order valence-electron chi connectivity index (χ4n) is 4.72. The Balaban J connectivity index is 2.00. The lowest BCUT2D eigenvalue weighted by Crippen LogP contribution is -2.69. The van der Waals surface area contributed by atoms with Crippen molar-refractivity contribution < 1.29 is 31.1 Å². The second kappa shape index (κ2) is 9.30. The molecule has 1 aliphatic heterocycles. The largest absolute Gasteiger partial charge is 0.427 e. The average Bonchev–Trinajstić information content (AvgIpc) is 3.35. The molecular formula is C22H26F6N2OS. The summed E-state index contributed by atoms with van der Waals surface area (Å²) in [4.78, 5) is 6.57. The topological polar surface area (TPSA) is 25.4 Å². The molecule has 3 rings (SSSR count). The van der Waals surface area contributed by atoms with Gasteiger partial charge in [-0.2, -0.15) is 26.3 Å². The van der Waals surface area contributed by atoms with Gasteiger partial charge >= 0.3 is 12.4 Å². The molecule has 1 saturated heterocycles. The van der Waals surface area contributed by atoms with Crippen LogP contribution in [0.5, 0.6) is 0 Å². The van der Waals surface area contributed by atoms with Crippen LogP contribution in [-0.4, -0.2) is 47.5 Å². The van der Waals surface area contributed by atoms with E-state index in [4.69, 9.17) is 4.74 Å². The highest BCUT2D eigenvalue weighted by molar-refractivity contribution is 7.09. The summed E-state index contributed by atoms with van der Waals surface area (Å²) < 4.78 is 90.8. The predicted octanol–water partition coefficient (Wildman–Crippen LogP) is 6.18. The molecule has 1 aliphatic rings. The minimum Gasteiger partial charge on any atom is -0.358 e. The zero-order chi connectivity index (χ0) is 23.6. The first-order chi connectivity index (χ1) is 14.9. The second-order valence-corrected chi connectivity index (χ2v) is 9.27. The van der Waals surface area contributed by atoms with E-state index in [1.165, 1.54) is 18.3 Å². The number of aromatic nitrogens is 1. The maximum absolute atomic E-state index is 14.3. The number of hydrogen-bond donors (Lipinski definition) is 0. The number of thiophene rings is 1. The van der Waals surface area contributed by atoms with E-state index < -0.39 is 30.0 Å². The molecular weight excluding hydrogens is 454 g/mol. The molecule has 3 nitrogen and oxygen atoms in total. The fourth-order valence-corrected chi connectivity index (χ4v) is 5.43. The highest BCUT2D eigenvalue weighted by Gasteiger charge is 2.81. The summed E-state index contributed by atoms with van der Waals surface area (Å²) in [5.74, 6) is 0. The molecule has 1 fully saturated rings. The third-order valence-corrected chi connectivity index (χ3v) is 7.08. The Kier molecular flexibility index (Phi) is 7.26. The summed E-state index contributed by atoms with van der Waals surface area (Å²) in [6, 6.07) is 7.02. The number of ether oxygens (including phenoxy) is 1. The molecule has 32 heavy (non-hydrogen) atoms. The van der Waals surface area contributed by atoms with Gasteiger partial charge in [0.1, 0.15) is 0 Å². The minimum atomic E-state index is -5.61. The van der Waals surface area contributed by atoms with Crippen LogP contribution in [0.3, 0.4) is 0 Å². The Morgan fingerprint density at radius 2 is 1.84 bits per heavy atom. The van der Waals surface area contributed by atoms with E-state index in [1.54, 1.807) is 47.7 Å². The monoisotopic (exact) mass is 480 g/mol. The van der Waals surface area contributed by atoms with Crippen LogP contribution < -0.4 is 0 Å². The van der Waals surface area contributed by atoms with E-state index in [-0.39, 0.29) is 38.9 Å². The van der Waals surface area contributed by atoms with Crippen molar-refractivity contribution in [2.45, 2.75) is 57.6 Å². The molecule has 0 aliphatic carbocycles. The third-order valence-electron chi connectivity index (χ3n) is 6.15. The average molecular weight is 481 g/mol. The van der Waals surface area contributed by atoms with Gasteiger partial charge < -0.3 is 4.74 Å². The van der Waals surface area contributed by atoms with Gasteiger partial charge in [-0.1, -0.05) is 12.1 Å². The van der Waals surface area contributed by atoms with E-state index in [2.05, 4.69) is 4.98 Å². The van der Waals surface area contributed by atoms with Crippen LogP contribution in [0.2, 0.25) is 0 Å². The number of rotatable bonds is 8. The van der Waals surface area contributed by atoms with Gasteiger partial charge in [0.15, 0.2) is 0 Å². The maximum Gasteiger partial charge on any atom is 0.427 e. The van der Waals surface area contributed by atoms with E-state index in [9.17, 15) is 26.3 Å². The van der Waals surface area contributed by atoms with Crippen molar-refractivity contribution in [1.29, 1.82) is 0 Å². The van der Waals surface area contributed by atoms with Crippen LogP contribution in [-0.2, 0) is 17.7 Å². The van der Waals surface area contributed by atoms with Crippen molar-refractivity contribution in [3.05, 3.63) is 52.0 Å². The lowest BCUT2D eigenvalue weighted by atomic mass is 9.66. The van der Waals surface area contributed by atoms with Gasteiger partial charge in [0.2, 0.25) is 0 Å². The Bertz CT molecular complexity index is 852. The Morgan fingerprint density at radius 3 is 2.38 bits per heavy atom. The van der Waals surface area contributed by atoms with Crippen molar-refractivity contribution in [3.8, 4) is 0 Å².